The van der Waals surface area contributed by atoms with E-state index >= 15 is 0 Å². The highest BCUT2D eigenvalue weighted by Gasteiger charge is 2.24. The van der Waals surface area contributed by atoms with Gasteiger partial charge >= 0.3 is 5.97 Å². The summed E-state index contributed by atoms with van der Waals surface area (Å²) in [5, 5.41) is 14.4. The van der Waals surface area contributed by atoms with Gasteiger partial charge < -0.3 is 14.8 Å². The van der Waals surface area contributed by atoms with Crippen LogP contribution in [0.15, 0.2) is 60.7 Å². The molecular formula is C25H27N3O7S. The number of nitro benzene ring substituents is 1. The van der Waals surface area contributed by atoms with Gasteiger partial charge in [-0.1, -0.05) is 31.0 Å². The van der Waals surface area contributed by atoms with Crippen molar-refractivity contribution in [3.05, 3.63) is 81.9 Å². The van der Waals surface area contributed by atoms with Crippen LogP contribution in [0.1, 0.15) is 35.7 Å². The van der Waals surface area contributed by atoms with Crippen molar-refractivity contribution in [2.75, 3.05) is 23.3 Å². The number of hydrogen-bond donors (Lipinski definition) is 2. The minimum Gasteiger partial charge on any atom is -0.465 e. The van der Waals surface area contributed by atoms with Gasteiger partial charge in [-0.3, -0.25) is 14.7 Å². The van der Waals surface area contributed by atoms with Gasteiger partial charge in [0, 0.05) is 18.7 Å². The van der Waals surface area contributed by atoms with E-state index < -0.39 is 22.2 Å². The van der Waals surface area contributed by atoms with Crippen molar-refractivity contribution in [3.8, 4) is 11.5 Å². The molecule has 3 aromatic carbocycles. The number of carbonyl (C=O) groups is 1. The molecule has 1 atom stereocenters. The third kappa shape index (κ3) is 6.37. The number of hydrogen-bond acceptors (Lipinski definition) is 7. The number of carbonyl (C=O) groups excluding carboxylic acids is 1. The normalized spacial score (nSPS) is 11.4. The Morgan fingerprint density at radius 3 is 2.39 bits per heavy atom. The molecule has 0 aliphatic rings. The van der Waals surface area contributed by atoms with Crippen molar-refractivity contribution < 1.29 is 28.0 Å². The van der Waals surface area contributed by atoms with Crippen LogP contribution in [0.4, 0.5) is 22.7 Å². The molecule has 0 aromatic heterocycles. The number of nitro groups is 1. The Hall–Kier alpha value is -3.96. The van der Waals surface area contributed by atoms with Gasteiger partial charge in [0.25, 0.3) is 17.0 Å². The van der Waals surface area contributed by atoms with Crippen LogP contribution < -0.4 is 14.4 Å². The molecule has 36 heavy (non-hydrogen) atoms. The van der Waals surface area contributed by atoms with Crippen LogP contribution in [0.25, 0.3) is 0 Å². The molecule has 0 bridgehead atoms. The molecule has 3 aromatic rings. The molecule has 0 saturated carbocycles. The second kappa shape index (κ2) is 12.1. The van der Waals surface area contributed by atoms with E-state index in [0.717, 1.165) is 22.7 Å². The summed E-state index contributed by atoms with van der Waals surface area (Å²) >= 11 is -2.49. The highest BCUT2D eigenvalue weighted by molar-refractivity contribution is 7.81. The van der Waals surface area contributed by atoms with Crippen LogP contribution in [-0.2, 0) is 16.0 Å². The molecular weight excluding hydrogens is 486 g/mol. The number of benzene rings is 3. The Kier molecular flexibility index (Phi) is 8.98. The first kappa shape index (κ1) is 26.6. The Morgan fingerprint density at radius 2 is 1.78 bits per heavy atom. The van der Waals surface area contributed by atoms with Gasteiger partial charge in [-0.15, -0.1) is 0 Å². The second-order valence-corrected chi connectivity index (χ2v) is 8.68. The molecule has 0 aliphatic carbocycles. The minimum absolute atomic E-state index is 0.00109. The minimum atomic E-state index is -2.49. The van der Waals surface area contributed by atoms with Crippen LogP contribution >= 0.6 is 0 Å². The number of unbranched alkanes of at least 4 members (excludes halogenated alkanes) is 1. The molecule has 2 N–H and O–H groups in total. The average molecular weight is 514 g/mol. The van der Waals surface area contributed by atoms with Gasteiger partial charge in [0.15, 0.2) is 0 Å². The van der Waals surface area contributed by atoms with Crippen molar-refractivity contribution in [2.45, 2.75) is 26.7 Å². The summed E-state index contributed by atoms with van der Waals surface area (Å²) in [5.74, 6) is -0.187. The van der Waals surface area contributed by atoms with Crippen molar-refractivity contribution in [2.24, 2.45) is 0 Å². The number of nitrogens with zero attached hydrogens (tertiary/aromatic N) is 2. The Labute approximate surface area is 211 Å². The standard InChI is InChI=1S/C25H27N3O7S/c1-4-5-14-26-22-16-20(11-13-24(22)28(30)31)35-19-10-12-23(21(15-19)25(29)34-3)27(36(32)33)18-8-6-17(2)7-9-18/h6-13,15-16,26H,4-5,14H2,1-3H3,(H,32,33). The lowest BCUT2D eigenvalue weighted by molar-refractivity contribution is -0.384. The molecule has 0 spiro atoms. The third-order valence-electron chi connectivity index (χ3n) is 5.26. The molecule has 11 heteroatoms. The number of anilines is 3. The molecule has 3 rings (SSSR count). The van der Waals surface area contributed by atoms with Crippen molar-refractivity contribution in [3.63, 3.8) is 0 Å². The monoisotopic (exact) mass is 513 g/mol. The lowest BCUT2D eigenvalue weighted by atomic mass is 10.1. The first-order valence-corrected chi connectivity index (χ1v) is 12.2. The molecule has 0 radical (unpaired) electrons. The van der Waals surface area contributed by atoms with E-state index in [4.69, 9.17) is 9.47 Å². The maximum Gasteiger partial charge on any atom is 0.340 e. The zero-order valence-electron chi connectivity index (χ0n) is 20.1. The summed E-state index contributed by atoms with van der Waals surface area (Å²) in [7, 11) is 1.20. The number of esters is 1. The third-order valence-corrected chi connectivity index (χ3v) is 5.98. The lowest BCUT2D eigenvalue weighted by Gasteiger charge is -2.23. The first-order chi connectivity index (χ1) is 17.2. The molecule has 1 unspecified atom stereocenters. The summed E-state index contributed by atoms with van der Waals surface area (Å²) in [6, 6.07) is 15.6. The summed E-state index contributed by atoms with van der Waals surface area (Å²) in [6.45, 7) is 4.47. The second-order valence-electron chi connectivity index (χ2n) is 7.85. The number of methoxy groups -OCH3 is 1. The average Bonchev–Trinajstić information content (AvgIpc) is 2.85. The maximum absolute atomic E-state index is 12.6. The SMILES string of the molecule is CCCCNc1cc(Oc2ccc(N(c3ccc(C)cc3)S(=O)O)c(C(=O)OC)c2)ccc1[N+](=O)[O-]. The number of rotatable bonds is 11. The predicted molar refractivity (Wildman–Crippen MR) is 138 cm³/mol. The van der Waals surface area contributed by atoms with Crippen LogP contribution in [0.3, 0.4) is 0 Å². The van der Waals surface area contributed by atoms with Crippen molar-refractivity contribution >= 4 is 40.0 Å². The van der Waals surface area contributed by atoms with E-state index in [-0.39, 0.29) is 22.7 Å². The molecule has 0 fully saturated rings. The maximum atomic E-state index is 12.6. The van der Waals surface area contributed by atoms with E-state index in [1.165, 1.54) is 43.5 Å². The molecule has 10 nitrogen and oxygen atoms in total. The Bertz CT molecular complexity index is 1270. The van der Waals surface area contributed by atoms with Gasteiger partial charge in [-0.25, -0.2) is 13.3 Å². The number of nitrogens with one attached hydrogen (secondary N) is 1. The van der Waals surface area contributed by atoms with Gasteiger partial charge in [0.1, 0.15) is 17.2 Å². The van der Waals surface area contributed by atoms with Crippen LogP contribution in [0.2, 0.25) is 0 Å². The fourth-order valence-corrected chi connectivity index (χ4v) is 4.07. The molecule has 0 aliphatic heterocycles. The van der Waals surface area contributed by atoms with E-state index in [9.17, 15) is 23.7 Å². The number of aryl methyl sites for hydroxylation is 1. The largest absolute Gasteiger partial charge is 0.465 e. The number of ether oxygens (including phenoxy) is 2. The van der Waals surface area contributed by atoms with E-state index in [2.05, 4.69) is 5.32 Å². The van der Waals surface area contributed by atoms with E-state index in [1.807, 2.05) is 13.8 Å². The Balaban J connectivity index is 1.99. The predicted octanol–water partition coefficient (Wildman–Crippen LogP) is 5.97. The van der Waals surface area contributed by atoms with Gasteiger partial charge in [0.05, 0.1) is 29.0 Å². The Morgan fingerprint density at radius 1 is 1.11 bits per heavy atom. The van der Waals surface area contributed by atoms with Crippen molar-refractivity contribution in [1.29, 1.82) is 0 Å². The zero-order valence-corrected chi connectivity index (χ0v) is 20.9. The summed E-state index contributed by atoms with van der Waals surface area (Å²) in [5.41, 5.74) is 1.75. The van der Waals surface area contributed by atoms with Crippen LogP contribution in [0.5, 0.6) is 11.5 Å². The summed E-state index contributed by atoms with van der Waals surface area (Å²) < 4.78 is 34.1. The zero-order chi connectivity index (χ0) is 26.2. The van der Waals surface area contributed by atoms with Crippen molar-refractivity contribution in [1.82, 2.24) is 0 Å². The summed E-state index contributed by atoms with van der Waals surface area (Å²) in [4.78, 5) is 23.5. The van der Waals surface area contributed by atoms with Crippen LogP contribution in [-0.4, -0.2) is 33.3 Å². The van der Waals surface area contributed by atoms with Gasteiger partial charge in [-0.05, 0) is 49.7 Å². The van der Waals surface area contributed by atoms with Crippen LogP contribution in [0, 0.1) is 17.0 Å². The fraction of sp³-hybridized carbons (Fsp3) is 0.240. The molecule has 0 saturated heterocycles. The highest BCUT2D eigenvalue weighted by Crippen LogP contribution is 2.36. The first-order valence-electron chi connectivity index (χ1n) is 11.2. The molecule has 190 valence electrons. The molecule has 0 heterocycles. The molecule has 0 amide bonds. The smallest absolute Gasteiger partial charge is 0.340 e. The fourth-order valence-electron chi connectivity index (χ4n) is 3.44. The van der Waals surface area contributed by atoms with E-state index in [1.54, 1.807) is 24.3 Å². The topological polar surface area (TPSA) is 131 Å². The highest BCUT2D eigenvalue weighted by atomic mass is 32.2. The van der Waals surface area contributed by atoms with Gasteiger partial charge in [-0.2, -0.15) is 0 Å². The summed E-state index contributed by atoms with van der Waals surface area (Å²) in [6.07, 6.45) is 1.77. The van der Waals surface area contributed by atoms with Gasteiger partial charge in [0.2, 0.25) is 0 Å². The quantitative estimate of drug-likeness (QED) is 0.105. The van der Waals surface area contributed by atoms with E-state index in [0.29, 0.717) is 23.7 Å². The lowest BCUT2D eigenvalue weighted by Crippen LogP contribution is -2.22.